The van der Waals surface area contributed by atoms with Gasteiger partial charge in [0.2, 0.25) is 0 Å². The summed E-state index contributed by atoms with van der Waals surface area (Å²) >= 11 is 0. The highest BCUT2D eigenvalue weighted by atomic mass is 14.3. The summed E-state index contributed by atoms with van der Waals surface area (Å²) in [5, 5.41) is 0. The lowest BCUT2D eigenvalue weighted by atomic mass is 9.73. The second kappa shape index (κ2) is 4.83. The predicted octanol–water partition coefficient (Wildman–Crippen LogP) is 4.68. The second-order valence-electron chi connectivity index (χ2n) is 4.92. The quantitative estimate of drug-likeness (QED) is 0.653. The predicted molar refractivity (Wildman–Crippen MR) is 66.2 cm³/mol. The molecule has 0 bridgehead atoms. The van der Waals surface area contributed by atoms with Crippen LogP contribution in [0.4, 0.5) is 0 Å². The minimum Gasteiger partial charge on any atom is -0.0651 e. The van der Waals surface area contributed by atoms with Crippen molar-refractivity contribution >= 4 is 0 Å². The lowest BCUT2D eigenvalue weighted by Gasteiger charge is -2.32. The standard InChI is InChI=1S/C15H22/c1-3-13-9-5-7-11-15(13)14-10-6-4-8-12(14)2/h4,6,8,10,13,15H,3,5,7,9,11H2,1-2H3. The van der Waals surface area contributed by atoms with Gasteiger partial charge in [-0.2, -0.15) is 0 Å². The van der Waals surface area contributed by atoms with Crippen LogP contribution in [0, 0.1) is 12.8 Å². The summed E-state index contributed by atoms with van der Waals surface area (Å²) in [5.41, 5.74) is 3.10. The maximum Gasteiger partial charge on any atom is -0.0131 e. The molecule has 82 valence electrons. The molecule has 0 N–H and O–H groups in total. The molecule has 1 fully saturated rings. The van der Waals surface area contributed by atoms with Crippen LogP contribution < -0.4 is 0 Å². The maximum atomic E-state index is 2.35. The lowest BCUT2D eigenvalue weighted by Crippen LogP contribution is -2.17. The van der Waals surface area contributed by atoms with Crippen molar-refractivity contribution in [1.82, 2.24) is 0 Å². The number of hydrogen-bond donors (Lipinski definition) is 0. The van der Waals surface area contributed by atoms with E-state index in [9.17, 15) is 0 Å². The van der Waals surface area contributed by atoms with Gasteiger partial charge in [0.25, 0.3) is 0 Å². The third kappa shape index (κ3) is 2.25. The second-order valence-corrected chi connectivity index (χ2v) is 4.92. The van der Waals surface area contributed by atoms with Gasteiger partial charge in [0, 0.05) is 0 Å². The largest absolute Gasteiger partial charge is 0.0651 e. The van der Waals surface area contributed by atoms with Crippen LogP contribution in [-0.2, 0) is 0 Å². The van der Waals surface area contributed by atoms with Crippen LogP contribution in [0.2, 0.25) is 0 Å². The Labute approximate surface area is 93.7 Å². The molecule has 1 aromatic carbocycles. The van der Waals surface area contributed by atoms with Crippen LogP contribution in [0.1, 0.15) is 56.1 Å². The molecule has 0 aromatic heterocycles. The Hall–Kier alpha value is -0.780. The minimum absolute atomic E-state index is 0.838. The van der Waals surface area contributed by atoms with Gasteiger partial charge in [-0.25, -0.2) is 0 Å². The molecule has 0 radical (unpaired) electrons. The van der Waals surface area contributed by atoms with Crippen molar-refractivity contribution in [2.24, 2.45) is 5.92 Å². The number of hydrogen-bond acceptors (Lipinski definition) is 0. The summed E-state index contributed by atoms with van der Waals surface area (Å²) in [6.07, 6.45) is 7.06. The number of rotatable bonds is 2. The van der Waals surface area contributed by atoms with Crippen molar-refractivity contribution < 1.29 is 0 Å². The first kappa shape index (κ1) is 10.7. The van der Waals surface area contributed by atoms with Crippen LogP contribution in [0.15, 0.2) is 24.3 Å². The third-order valence-electron chi connectivity index (χ3n) is 4.02. The van der Waals surface area contributed by atoms with Gasteiger partial charge in [0.05, 0.1) is 0 Å². The summed E-state index contributed by atoms with van der Waals surface area (Å²) in [5.74, 6) is 1.77. The molecular formula is C15H22. The molecule has 2 unspecified atom stereocenters. The molecule has 0 spiro atoms. The summed E-state index contributed by atoms with van der Waals surface area (Å²) < 4.78 is 0. The number of benzene rings is 1. The number of aryl methyl sites for hydroxylation is 1. The first-order valence-electron chi connectivity index (χ1n) is 6.38. The fourth-order valence-electron chi connectivity index (χ4n) is 3.11. The fourth-order valence-corrected chi connectivity index (χ4v) is 3.11. The molecular weight excluding hydrogens is 180 g/mol. The third-order valence-corrected chi connectivity index (χ3v) is 4.02. The normalized spacial score (nSPS) is 26.5. The summed E-state index contributed by atoms with van der Waals surface area (Å²) in [6, 6.07) is 8.96. The van der Waals surface area contributed by atoms with E-state index < -0.39 is 0 Å². The molecule has 0 aliphatic heterocycles. The Morgan fingerprint density at radius 1 is 1.13 bits per heavy atom. The van der Waals surface area contributed by atoms with Crippen molar-refractivity contribution in [3.63, 3.8) is 0 Å². The zero-order chi connectivity index (χ0) is 10.7. The summed E-state index contributed by atoms with van der Waals surface area (Å²) in [4.78, 5) is 0. The molecule has 1 saturated carbocycles. The molecule has 1 aromatic rings. The van der Waals surface area contributed by atoms with E-state index in [1.807, 2.05) is 0 Å². The topological polar surface area (TPSA) is 0 Å². The monoisotopic (exact) mass is 202 g/mol. The van der Waals surface area contributed by atoms with Gasteiger partial charge in [0.1, 0.15) is 0 Å². The van der Waals surface area contributed by atoms with E-state index in [1.54, 1.807) is 5.56 Å². The zero-order valence-electron chi connectivity index (χ0n) is 10.00. The zero-order valence-corrected chi connectivity index (χ0v) is 10.00. The molecule has 15 heavy (non-hydrogen) atoms. The van der Waals surface area contributed by atoms with E-state index in [4.69, 9.17) is 0 Å². The van der Waals surface area contributed by atoms with Gasteiger partial charge in [-0.3, -0.25) is 0 Å². The molecule has 0 heterocycles. The van der Waals surface area contributed by atoms with Crippen molar-refractivity contribution in [2.45, 2.75) is 51.9 Å². The van der Waals surface area contributed by atoms with Gasteiger partial charge >= 0.3 is 0 Å². The average molecular weight is 202 g/mol. The Kier molecular flexibility index (Phi) is 3.45. The van der Waals surface area contributed by atoms with Crippen molar-refractivity contribution in [3.8, 4) is 0 Å². The first-order valence-corrected chi connectivity index (χ1v) is 6.38. The molecule has 1 aliphatic rings. The molecule has 0 saturated heterocycles. The highest BCUT2D eigenvalue weighted by Crippen LogP contribution is 2.40. The molecule has 0 heteroatoms. The van der Waals surface area contributed by atoms with Gasteiger partial charge < -0.3 is 0 Å². The highest BCUT2D eigenvalue weighted by Gasteiger charge is 2.25. The molecule has 2 atom stereocenters. The van der Waals surface area contributed by atoms with E-state index in [0.717, 1.165) is 11.8 Å². The van der Waals surface area contributed by atoms with Crippen molar-refractivity contribution in [2.75, 3.05) is 0 Å². The van der Waals surface area contributed by atoms with E-state index in [-0.39, 0.29) is 0 Å². The maximum absolute atomic E-state index is 2.35. The fraction of sp³-hybridized carbons (Fsp3) is 0.600. The van der Waals surface area contributed by atoms with Crippen LogP contribution in [0.25, 0.3) is 0 Å². The summed E-state index contributed by atoms with van der Waals surface area (Å²) in [6.45, 7) is 4.61. The van der Waals surface area contributed by atoms with Gasteiger partial charge in [-0.1, -0.05) is 50.5 Å². The Morgan fingerprint density at radius 2 is 1.87 bits per heavy atom. The first-order chi connectivity index (χ1) is 7.33. The van der Waals surface area contributed by atoms with Crippen LogP contribution in [-0.4, -0.2) is 0 Å². The van der Waals surface area contributed by atoms with Crippen LogP contribution >= 0.6 is 0 Å². The summed E-state index contributed by atoms with van der Waals surface area (Å²) in [7, 11) is 0. The highest BCUT2D eigenvalue weighted by molar-refractivity contribution is 5.30. The van der Waals surface area contributed by atoms with E-state index in [0.29, 0.717) is 0 Å². The van der Waals surface area contributed by atoms with Crippen LogP contribution in [0.3, 0.4) is 0 Å². The SMILES string of the molecule is CCC1CCCCC1c1ccccc1C. The van der Waals surface area contributed by atoms with E-state index >= 15 is 0 Å². The Balaban J connectivity index is 2.24. The molecule has 0 amide bonds. The van der Waals surface area contributed by atoms with E-state index in [2.05, 4.69) is 38.1 Å². The van der Waals surface area contributed by atoms with Gasteiger partial charge in [-0.05, 0) is 42.7 Å². The smallest absolute Gasteiger partial charge is 0.0131 e. The Morgan fingerprint density at radius 3 is 2.60 bits per heavy atom. The average Bonchev–Trinajstić information content (AvgIpc) is 2.30. The minimum atomic E-state index is 0.838. The van der Waals surface area contributed by atoms with Crippen LogP contribution in [0.5, 0.6) is 0 Å². The van der Waals surface area contributed by atoms with Crippen molar-refractivity contribution in [1.29, 1.82) is 0 Å². The van der Waals surface area contributed by atoms with Gasteiger partial charge in [-0.15, -0.1) is 0 Å². The van der Waals surface area contributed by atoms with Gasteiger partial charge in [0.15, 0.2) is 0 Å². The molecule has 0 nitrogen and oxygen atoms in total. The van der Waals surface area contributed by atoms with E-state index in [1.165, 1.54) is 37.7 Å². The van der Waals surface area contributed by atoms with Crippen molar-refractivity contribution in [3.05, 3.63) is 35.4 Å². The molecule has 1 aliphatic carbocycles. The Bertz CT molecular complexity index is 314. The molecule has 2 rings (SSSR count). The lowest BCUT2D eigenvalue weighted by molar-refractivity contribution is 0.298.